The number of benzene rings is 1. The first-order chi connectivity index (χ1) is 15.3. The second kappa shape index (κ2) is 8.51. The van der Waals surface area contributed by atoms with Crippen molar-refractivity contribution in [2.45, 2.75) is 45.6 Å². The highest BCUT2D eigenvalue weighted by atomic mass is 19.1. The number of aromatic nitrogens is 3. The van der Waals surface area contributed by atoms with E-state index in [-0.39, 0.29) is 31.1 Å². The fourth-order valence-electron chi connectivity index (χ4n) is 3.78. The number of halogens is 1. The minimum atomic E-state index is -0.595. The normalized spacial score (nSPS) is 14.8. The highest BCUT2D eigenvalue weighted by Crippen LogP contribution is 2.34. The van der Waals surface area contributed by atoms with Crippen molar-refractivity contribution in [1.82, 2.24) is 24.8 Å². The summed E-state index contributed by atoms with van der Waals surface area (Å²) in [6.45, 7) is 4.92. The van der Waals surface area contributed by atoms with Crippen molar-refractivity contribution in [1.29, 1.82) is 0 Å². The summed E-state index contributed by atoms with van der Waals surface area (Å²) in [5.41, 5.74) is 0.596. The third-order valence-electron chi connectivity index (χ3n) is 5.69. The average molecular weight is 437 g/mol. The van der Waals surface area contributed by atoms with Gasteiger partial charge >= 0.3 is 0 Å². The molecule has 0 saturated carbocycles. The number of nitrogens with one attached hydrogen (secondary N) is 1. The van der Waals surface area contributed by atoms with Crippen LogP contribution in [0.4, 0.5) is 4.39 Å². The van der Waals surface area contributed by atoms with E-state index in [0.717, 1.165) is 11.1 Å². The predicted octanol–water partition coefficient (Wildman–Crippen LogP) is 2.05. The number of hydrogen-bond acceptors (Lipinski definition) is 6. The van der Waals surface area contributed by atoms with E-state index in [1.54, 1.807) is 24.5 Å². The van der Waals surface area contributed by atoms with Crippen LogP contribution in [-0.4, -0.2) is 30.4 Å². The summed E-state index contributed by atoms with van der Waals surface area (Å²) in [6.07, 6.45) is 3.23. The number of rotatable bonds is 6. The second-order valence-electron chi connectivity index (χ2n) is 8.30. The third kappa shape index (κ3) is 4.24. The number of carbonyl (C=O) groups excluding carboxylic acids is 1. The van der Waals surface area contributed by atoms with Gasteiger partial charge in [0.05, 0.1) is 24.3 Å². The topological polar surface area (TPSA) is 100 Å². The molecule has 0 fully saturated rings. The van der Waals surface area contributed by atoms with Gasteiger partial charge in [-0.2, -0.15) is 0 Å². The van der Waals surface area contributed by atoms with Gasteiger partial charge in [0.2, 0.25) is 11.7 Å². The molecule has 0 unspecified atom stereocenters. The van der Waals surface area contributed by atoms with E-state index in [9.17, 15) is 19.1 Å². The first kappa shape index (κ1) is 21.6. The average Bonchev–Trinajstić information content (AvgIpc) is 3.02. The first-order valence-electron chi connectivity index (χ1n) is 10.2. The first-order valence-corrected chi connectivity index (χ1v) is 10.2. The number of pyridine rings is 1. The zero-order chi connectivity index (χ0) is 22.9. The largest absolute Gasteiger partial charge is 0.502 e. The number of nitrogens with zero attached hydrogens (tertiary/aromatic N) is 4. The molecule has 0 aliphatic carbocycles. The molecule has 2 N–H and O–H groups in total. The number of hydrogen-bond donors (Lipinski definition) is 2. The van der Waals surface area contributed by atoms with Crippen LogP contribution in [0.25, 0.3) is 0 Å². The van der Waals surface area contributed by atoms with Crippen molar-refractivity contribution in [2.75, 3.05) is 0 Å². The molecule has 2 aromatic heterocycles. The van der Waals surface area contributed by atoms with Crippen LogP contribution in [0.5, 0.6) is 5.75 Å². The molecule has 4 rings (SSSR count). The number of carbonyl (C=O) groups is 1. The van der Waals surface area contributed by atoms with Crippen molar-refractivity contribution in [2.24, 2.45) is 0 Å². The Morgan fingerprint density at radius 3 is 2.66 bits per heavy atom. The lowest BCUT2D eigenvalue weighted by atomic mass is 10.0. The Bertz CT molecular complexity index is 1190. The molecule has 0 bridgehead atoms. The Balaban J connectivity index is 1.52. The zero-order valence-electron chi connectivity index (χ0n) is 17.9. The lowest BCUT2D eigenvalue weighted by molar-refractivity contribution is -0.120. The molecule has 1 aliphatic heterocycles. The summed E-state index contributed by atoms with van der Waals surface area (Å²) < 4.78 is 14.5. The van der Waals surface area contributed by atoms with E-state index in [4.69, 9.17) is 0 Å². The summed E-state index contributed by atoms with van der Waals surface area (Å²) in [7, 11) is 0. The Kier molecular flexibility index (Phi) is 5.75. The maximum atomic E-state index is 13.0. The molecule has 1 aromatic carbocycles. The molecule has 0 spiro atoms. The predicted molar refractivity (Wildman–Crippen MR) is 115 cm³/mol. The van der Waals surface area contributed by atoms with Gasteiger partial charge in [-0.25, -0.2) is 9.37 Å². The minimum Gasteiger partial charge on any atom is -0.502 e. The van der Waals surface area contributed by atoms with Crippen LogP contribution in [0.15, 0.2) is 53.6 Å². The Labute approximate surface area is 184 Å². The zero-order valence-corrected chi connectivity index (χ0v) is 17.9. The van der Waals surface area contributed by atoms with Gasteiger partial charge in [-0.05, 0) is 43.2 Å². The molecule has 1 aliphatic rings. The molecular formula is C23H24FN5O3. The summed E-state index contributed by atoms with van der Waals surface area (Å²) in [6, 6.07) is 9.59. The fraction of sp³-hybridized carbons (Fsp3) is 0.304. The van der Waals surface area contributed by atoms with Crippen LogP contribution in [0.1, 0.15) is 36.5 Å². The molecule has 32 heavy (non-hydrogen) atoms. The van der Waals surface area contributed by atoms with Gasteiger partial charge in [-0.15, -0.1) is 0 Å². The van der Waals surface area contributed by atoms with E-state index >= 15 is 0 Å². The Morgan fingerprint density at radius 2 is 1.97 bits per heavy atom. The maximum Gasteiger partial charge on any atom is 0.297 e. The van der Waals surface area contributed by atoms with Crippen molar-refractivity contribution >= 4 is 5.91 Å². The number of fused-ring (bicyclic) bond motifs is 1. The van der Waals surface area contributed by atoms with Gasteiger partial charge in [0, 0.05) is 25.5 Å². The summed E-state index contributed by atoms with van der Waals surface area (Å²) in [5, 5.41) is 13.1. The summed E-state index contributed by atoms with van der Waals surface area (Å²) >= 11 is 0. The highest BCUT2D eigenvalue weighted by Gasteiger charge is 2.41. The lowest BCUT2D eigenvalue weighted by Gasteiger charge is -2.29. The van der Waals surface area contributed by atoms with Crippen molar-refractivity contribution in [3.05, 3.63) is 87.6 Å². The lowest BCUT2D eigenvalue weighted by Crippen LogP contribution is -2.35. The van der Waals surface area contributed by atoms with Crippen LogP contribution in [-0.2, 0) is 36.5 Å². The minimum absolute atomic E-state index is 0.0363. The summed E-state index contributed by atoms with van der Waals surface area (Å²) in [4.78, 5) is 36.0. The molecule has 3 heterocycles. The smallest absolute Gasteiger partial charge is 0.297 e. The van der Waals surface area contributed by atoms with Crippen LogP contribution in [0, 0.1) is 5.82 Å². The SMILES string of the molecule is CC1(C)c2nc(CC(=O)NCc3ccc(F)cc3)c(O)c(=O)n2CN1Cc1cccnc1. The van der Waals surface area contributed by atoms with Crippen molar-refractivity contribution in [3.63, 3.8) is 0 Å². The van der Waals surface area contributed by atoms with Crippen LogP contribution < -0.4 is 10.9 Å². The number of amides is 1. The highest BCUT2D eigenvalue weighted by molar-refractivity contribution is 5.78. The van der Waals surface area contributed by atoms with Crippen molar-refractivity contribution in [3.8, 4) is 5.75 Å². The van der Waals surface area contributed by atoms with Crippen LogP contribution in [0.3, 0.4) is 0 Å². The van der Waals surface area contributed by atoms with Gasteiger partial charge in [0.25, 0.3) is 5.56 Å². The van der Waals surface area contributed by atoms with Gasteiger partial charge in [-0.3, -0.25) is 24.0 Å². The Morgan fingerprint density at radius 1 is 1.22 bits per heavy atom. The quantitative estimate of drug-likeness (QED) is 0.612. The van der Waals surface area contributed by atoms with E-state index in [0.29, 0.717) is 12.4 Å². The molecule has 166 valence electrons. The fourth-order valence-corrected chi connectivity index (χ4v) is 3.78. The molecule has 8 nitrogen and oxygen atoms in total. The van der Waals surface area contributed by atoms with Crippen molar-refractivity contribution < 1.29 is 14.3 Å². The molecule has 3 aromatic rings. The van der Waals surface area contributed by atoms with Gasteiger partial charge in [0.15, 0.2) is 0 Å². The Hall–Kier alpha value is -3.59. The standard InChI is InChI=1S/C23H24FN5O3/c1-23(2)22-27-18(10-19(30)26-12-15-5-7-17(24)8-6-15)20(31)21(32)29(22)14-28(23)13-16-4-3-9-25-11-16/h3-9,11,31H,10,12-14H2,1-2H3,(H,26,30). The van der Waals surface area contributed by atoms with Gasteiger partial charge < -0.3 is 10.4 Å². The molecule has 0 atom stereocenters. The van der Waals surface area contributed by atoms with E-state index in [1.165, 1.54) is 16.7 Å². The molecular weight excluding hydrogens is 413 g/mol. The van der Waals surface area contributed by atoms with E-state index < -0.39 is 22.8 Å². The van der Waals surface area contributed by atoms with Gasteiger partial charge in [0.1, 0.15) is 11.6 Å². The van der Waals surface area contributed by atoms with Crippen LogP contribution in [0.2, 0.25) is 0 Å². The third-order valence-corrected chi connectivity index (χ3v) is 5.69. The number of aromatic hydroxyl groups is 1. The summed E-state index contributed by atoms with van der Waals surface area (Å²) in [5.74, 6) is -0.785. The maximum absolute atomic E-state index is 13.0. The second-order valence-corrected chi connectivity index (χ2v) is 8.30. The van der Waals surface area contributed by atoms with E-state index in [2.05, 4.69) is 20.2 Å². The monoisotopic (exact) mass is 437 g/mol. The van der Waals surface area contributed by atoms with Crippen LogP contribution >= 0.6 is 0 Å². The molecule has 1 amide bonds. The molecule has 0 saturated heterocycles. The molecule has 9 heteroatoms. The van der Waals surface area contributed by atoms with E-state index in [1.807, 2.05) is 26.0 Å². The molecule has 0 radical (unpaired) electrons. The van der Waals surface area contributed by atoms with Gasteiger partial charge in [-0.1, -0.05) is 18.2 Å².